The molecule has 2 aromatic heterocycles. The molecule has 5 aromatic rings. The van der Waals surface area contributed by atoms with Gasteiger partial charge in [-0.25, -0.2) is 9.97 Å². The summed E-state index contributed by atoms with van der Waals surface area (Å²) in [6.07, 6.45) is 7.46. The van der Waals surface area contributed by atoms with Crippen molar-refractivity contribution in [3.8, 4) is 10.6 Å². The average molecular weight is 1060 g/mol. The fourth-order valence-corrected chi connectivity index (χ4v) is 10.3. The van der Waals surface area contributed by atoms with Crippen molar-refractivity contribution in [2.75, 3.05) is 70.3 Å². The van der Waals surface area contributed by atoms with Crippen molar-refractivity contribution in [3.05, 3.63) is 125 Å². The van der Waals surface area contributed by atoms with E-state index in [1.165, 1.54) is 11.3 Å². The molecule has 4 atom stereocenters. The summed E-state index contributed by atoms with van der Waals surface area (Å²) in [5, 5.41) is 24.4. The molecule has 19 heteroatoms. The van der Waals surface area contributed by atoms with Crippen LogP contribution in [0.5, 0.6) is 0 Å². The molecule has 5 amide bonds. The fourth-order valence-electron chi connectivity index (χ4n) is 9.51. The summed E-state index contributed by atoms with van der Waals surface area (Å²) < 4.78 is 11.5. The highest BCUT2D eigenvalue weighted by molar-refractivity contribution is 7.13. The highest BCUT2D eigenvalue weighted by atomic mass is 32.1. The second-order valence-corrected chi connectivity index (χ2v) is 20.6. The first-order chi connectivity index (χ1) is 37.0. The van der Waals surface area contributed by atoms with Crippen LogP contribution in [-0.2, 0) is 35.2 Å². The number of anilines is 2. The number of ether oxygens (including phenoxy) is 2. The predicted octanol–water partition coefficient (Wildman–Crippen LogP) is 6.14. The molecule has 0 spiro atoms. The van der Waals surface area contributed by atoms with Crippen LogP contribution in [0.4, 0.5) is 11.8 Å². The molecule has 1 saturated carbocycles. The Morgan fingerprint density at radius 1 is 0.724 bits per heavy atom. The van der Waals surface area contributed by atoms with Crippen LogP contribution >= 0.6 is 11.3 Å². The summed E-state index contributed by atoms with van der Waals surface area (Å²) in [5.74, 6) is -0.343. The van der Waals surface area contributed by atoms with Crippen molar-refractivity contribution < 1.29 is 33.4 Å². The van der Waals surface area contributed by atoms with E-state index in [0.717, 1.165) is 71.9 Å². The maximum atomic E-state index is 14.5. The highest BCUT2D eigenvalue weighted by Gasteiger charge is 2.43. The molecule has 76 heavy (non-hydrogen) atoms. The van der Waals surface area contributed by atoms with Crippen LogP contribution in [0.15, 0.2) is 103 Å². The van der Waals surface area contributed by atoms with Gasteiger partial charge in [-0.15, -0.1) is 11.3 Å². The maximum Gasteiger partial charge on any atom is 0.251 e. The summed E-state index contributed by atoms with van der Waals surface area (Å²) >= 11 is 1.52. The molecule has 7 rings (SSSR count). The molecule has 2 aliphatic rings. The van der Waals surface area contributed by atoms with Gasteiger partial charge >= 0.3 is 0 Å². The summed E-state index contributed by atoms with van der Waals surface area (Å²) in [7, 11) is 1.70. The number of aromatic nitrogens is 3. The van der Waals surface area contributed by atoms with Gasteiger partial charge in [-0.1, -0.05) is 106 Å². The van der Waals surface area contributed by atoms with Gasteiger partial charge in [-0.3, -0.25) is 24.0 Å². The van der Waals surface area contributed by atoms with E-state index in [9.17, 15) is 24.0 Å². The van der Waals surface area contributed by atoms with Crippen molar-refractivity contribution in [2.45, 2.75) is 102 Å². The Kier molecular flexibility index (Phi) is 22.1. The zero-order chi connectivity index (χ0) is 53.7. The SMILES string of the molecule is CNC(C)C(=O)NC(C(=O)N1CCCC1C(=O)NC(C(=O)NCCOCCOCCNC(=O)c1ccc(-c2nc(CNc3nccc(NCC(C)C)n3)cs2)cc1)C(c1ccccc1)c1ccccc1)C1CCCCC1. The number of amides is 5. The normalized spacial score (nSPS) is 15.9. The average Bonchev–Trinajstić information content (AvgIpc) is 4.16. The van der Waals surface area contributed by atoms with Gasteiger partial charge in [-0.2, -0.15) is 4.98 Å². The predicted molar refractivity (Wildman–Crippen MR) is 296 cm³/mol. The Hall–Kier alpha value is -6.80. The molecule has 2 fully saturated rings. The second-order valence-electron chi connectivity index (χ2n) is 19.8. The van der Waals surface area contributed by atoms with Crippen LogP contribution in [0, 0.1) is 11.8 Å². The van der Waals surface area contributed by atoms with Crippen molar-refractivity contribution in [2.24, 2.45) is 11.8 Å². The monoisotopic (exact) mass is 1060 g/mol. The Bertz CT molecular complexity index is 2580. The number of carbonyl (C=O) groups is 5. The molecular weight excluding hydrogens is 983 g/mol. The molecule has 18 nitrogen and oxygen atoms in total. The number of nitrogens with one attached hydrogen (secondary N) is 7. The number of hydrogen-bond donors (Lipinski definition) is 7. The fraction of sp³-hybridized carbons (Fsp3) is 0.474. The minimum absolute atomic E-state index is 0.0286. The lowest BCUT2D eigenvalue weighted by molar-refractivity contribution is -0.143. The largest absolute Gasteiger partial charge is 0.377 e. The molecule has 4 unspecified atom stereocenters. The Balaban J connectivity index is 0.863. The molecule has 3 aromatic carbocycles. The Morgan fingerprint density at radius 3 is 2.05 bits per heavy atom. The van der Waals surface area contributed by atoms with Gasteiger partial charge in [0.25, 0.3) is 5.91 Å². The lowest BCUT2D eigenvalue weighted by Crippen LogP contribution is -2.59. The van der Waals surface area contributed by atoms with Crippen LogP contribution in [-0.4, -0.2) is 133 Å². The van der Waals surface area contributed by atoms with Crippen molar-refractivity contribution in [1.29, 1.82) is 0 Å². The van der Waals surface area contributed by atoms with Crippen LogP contribution < -0.4 is 37.2 Å². The van der Waals surface area contributed by atoms with Crippen molar-refractivity contribution in [3.63, 3.8) is 0 Å². The first-order valence-electron chi connectivity index (χ1n) is 26.7. The third kappa shape index (κ3) is 16.6. The van der Waals surface area contributed by atoms with Gasteiger partial charge in [-0.05, 0) is 80.8 Å². The zero-order valence-corrected chi connectivity index (χ0v) is 45.0. The molecule has 1 aliphatic carbocycles. The third-order valence-corrected chi connectivity index (χ3v) is 14.7. The smallest absolute Gasteiger partial charge is 0.251 e. The molecular formula is C57H75N11O7S. The van der Waals surface area contributed by atoms with E-state index in [1.807, 2.05) is 84.2 Å². The van der Waals surface area contributed by atoms with Gasteiger partial charge in [0.2, 0.25) is 29.6 Å². The van der Waals surface area contributed by atoms with Crippen LogP contribution in [0.1, 0.15) is 98.8 Å². The summed E-state index contributed by atoms with van der Waals surface area (Å²) in [6.45, 7) is 9.18. The quantitative estimate of drug-likeness (QED) is 0.0280. The standard InChI is InChI=1S/C57H75N11O7S/c1-38(2)35-62-47-26-27-61-57(65-47)63-36-45-37-76-55(64-45)44-24-22-43(23-25-44)52(70)59-28-31-74-33-34-75-32-29-60-54(72)50(48(40-15-8-5-9-16-40)41-17-10-6-11-18-41)67-53(71)46-21-14-30-68(46)56(73)49(42-19-12-7-13-20-42)66-51(69)39(3)58-4/h5-6,8-11,15-18,22-27,37-39,42,46,48-50,58H,7,12-14,19-21,28-36H2,1-4H3,(H,59,70)(H,60,72)(H,66,69)(H,67,71)(H2,61,62,63,65). The van der Waals surface area contributed by atoms with Crippen LogP contribution in [0.2, 0.25) is 0 Å². The molecule has 0 bridgehead atoms. The number of benzene rings is 3. The minimum Gasteiger partial charge on any atom is -0.377 e. The zero-order valence-electron chi connectivity index (χ0n) is 44.2. The number of rotatable bonds is 28. The van der Waals surface area contributed by atoms with E-state index in [0.29, 0.717) is 49.9 Å². The molecule has 1 aliphatic heterocycles. The maximum absolute atomic E-state index is 14.5. The second kappa shape index (κ2) is 29.5. The van der Waals surface area contributed by atoms with Gasteiger partial charge in [0.15, 0.2) is 0 Å². The van der Waals surface area contributed by atoms with Gasteiger partial charge < -0.3 is 51.6 Å². The van der Waals surface area contributed by atoms with E-state index in [-0.39, 0.29) is 56.6 Å². The molecule has 406 valence electrons. The number of thiazole rings is 1. The lowest BCUT2D eigenvalue weighted by atomic mass is 9.83. The lowest BCUT2D eigenvalue weighted by Gasteiger charge is -2.36. The van der Waals surface area contributed by atoms with E-state index in [4.69, 9.17) is 14.5 Å². The summed E-state index contributed by atoms with van der Waals surface area (Å²) in [4.78, 5) is 84.7. The number of hydrogen-bond acceptors (Lipinski definition) is 14. The highest BCUT2D eigenvalue weighted by Crippen LogP contribution is 2.32. The van der Waals surface area contributed by atoms with Crippen LogP contribution in [0.3, 0.4) is 0 Å². The van der Waals surface area contributed by atoms with Crippen LogP contribution in [0.25, 0.3) is 10.6 Å². The number of carbonyl (C=O) groups excluding carboxylic acids is 5. The first kappa shape index (κ1) is 56.9. The summed E-state index contributed by atoms with van der Waals surface area (Å²) in [5.41, 5.74) is 3.96. The Labute approximate surface area is 450 Å². The first-order valence-corrected chi connectivity index (χ1v) is 27.6. The van der Waals surface area contributed by atoms with Crippen molar-refractivity contribution >= 4 is 52.6 Å². The van der Waals surface area contributed by atoms with E-state index in [1.54, 1.807) is 37.2 Å². The van der Waals surface area contributed by atoms with E-state index in [2.05, 4.69) is 61.0 Å². The topological polar surface area (TPSA) is 230 Å². The molecule has 7 N–H and O–H groups in total. The molecule has 1 saturated heterocycles. The van der Waals surface area contributed by atoms with E-state index >= 15 is 0 Å². The van der Waals surface area contributed by atoms with E-state index < -0.39 is 41.9 Å². The number of likely N-dealkylation sites (N-methyl/N-ethyl adjacent to an activating group) is 1. The van der Waals surface area contributed by atoms with Crippen molar-refractivity contribution in [1.82, 2.24) is 46.4 Å². The minimum atomic E-state index is -1.04. The summed E-state index contributed by atoms with van der Waals surface area (Å²) in [6, 6.07) is 25.2. The third-order valence-electron chi connectivity index (χ3n) is 13.8. The van der Waals surface area contributed by atoms with Gasteiger partial charge in [0.1, 0.15) is 29.0 Å². The Morgan fingerprint density at radius 2 is 1.39 bits per heavy atom. The van der Waals surface area contributed by atoms with Gasteiger partial charge in [0.05, 0.1) is 44.7 Å². The van der Waals surface area contributed by atoms with Gasteiger partial charge in [0, 0.05) is 54.8 Å². The number of likely N-dealkylation sites (tertiary alicyclic amines) is 1. The molecule has 0 radical (unpaired) electrons. The molecule has 3 heterocycles. The number of nitrogens with zero attached hydrogens (tertiary/aromatic N) is 4.